The summed E-state index contributed by atoms with van der Waals surface area (Å²) < 4.78 is 48.6. The van der Waals surface area contributed by atoms with Crippen LogP contribution in [0, 0.1) is 0 Å². The zero-order valence-electron chi connectivity index (χ0n) is 14.4. The molecule has 9 heteroatoms. The third kappa shape index (κ3) is 4.08. The third-order valence-corrected chi connectivity index (χ3v) is 3.83. The number of nitrogens with one attached hydrogen (secondary N) is 3. The number of carbonyl (C=O) groups excluding carboxylic acids is 1. The zero-order valence-corrected chi connectivity index (χ0v) is 14.4. The number of rotatable bonds is 4. The molecule has 142 valence electrons. The number of ether oxygens (including phenoxy) is 2. The Kier molecular flexibility index (Phi) is 4.85. The maximum atomic E-state index is 12.8. The summed E-state index contributed by atoms with van der Waals surface area (Å²) in [5.41, 5.74) is 0.304. The van der Waals surface area contributed by atoms with Gasteiger partial charge in [-0.15, -0.1) is 0 Å². The van der Waals surface area contributed by atoms with Gasteiger partial charge in [-0.05, 0) is 36.4 Å². The van der Waals surface area contributed by atoms with Crippen molar-refractivity contribution in [3.63, 3.8) is 0 Å². The first kappa shape index (κ1) is 18.4. The minimum absolute atomic E-state index is 0.327. The molecule has 0 unspecified atom stereocenters. The average molecular weight is 379 g/mol. The van der Waals surface area contributed by atoms with E-state index in [-0.39, 0.29) is 0 Å². The number of H-pyrrole nitrogens is 1. The molecule has 0 spiro atoms. The first-order valence-electron chi connectivity index (χ1n) is 7.80. The fourth-order valence-electron chi connectivity index (χ4n) is 2.57. The number of benzene rings is 2. The largest absolute Gasteiger partial charge is 0.493 e. The lowest BCUT2D eigenvalue weighted by Crippen LogP contribution is -2.19. The molecule has 3 rings (SSSR count). The molecule has 0 saturated heterocycles. The molecule has 27 heavy (non-hydrogen) atoms. The van der Waals surface area contributed by atoms with E-state index in [1.807, 2.05) is 0 Å². The summed E-state index contributed by atoms with van der Waals surface area (Å²) in [6, 6.07) is 9.73. The molecule has 6 nitrogen and oxygen atoms in total. The minimum Gasteiger partial charge on any atom is -0.493 e. The van der Waals surface area contributed by atoms with Gasteiger partial charge in [-0.25, -0.2) is 4.79 Å². The number of hydrogen-bond donors (Lipinski definition) is 3. The highest BCUT2D eigenvalue weighted by atomic mass is 19.4. The number of aromatic nitrogens is 1. The van der Waals surface area contributed by atoms with Crippen LogP contribution >= 0.6 is 0 Å². The number of hydrogen-bond acceptors (Lipinski definition) is 3. The van der Waals surface area contributed by atoms with Crippen molar-refractivity contribution in [1.82, 2.24) is 4.98 Å². The van der Waals surface area contributed by atoms with Crippen molar-refractivity contribution in [2.45, 2.75) is 6.18 Å². The topological polar surface area (TPSA) is 75.4 Å². The number of halogens is 3. The Labute approximate surface area is 152 Å². The number of anilines is 2. The van der Waals surface area contributed by atoms with Gasteiger partial charge in [0.05, 0.1) is 14.2 Å². The van der Waals surface area contributed by atoms with Crippen molar-refractivity contribution in [2.24, 2.45) is 0 Å². The van der Waals surface area contributed by atoms with Crippen molar-refractivity contribution in [2.75, 3.05) is 24.9 Å². The molecule has 0 atom stereocenters. The van der Waals surface area contributed by atoms with E-state index in [1.165, 1.54) is 32.4 Å². The van der Waals surface area contributed by atoms with E-state index in [9.17, 15) is 18.0 Å². The highest BCUT2D eigenvalue weighted by Crippen LogP contribution is 2.32. The third-order valence-electron chi connectivity index (χ3n) is 3.83. The van der Waals surface area contributed by atoms with E-state index in [1.54, 1.807) is 18.2 Å². The Morgan fingerprint density at radius 2 is 1.56 bits per heavy atom. The molecule has 0 aliphatic rings. The van der Waals surface area contributed by atoms with Crippen LogP contribution in [0.25, 0.3) is 10.9 Å². The number of alkyl halides is 3. The molecule has 3 N–H and O–H groups in total. The monoisotopic (exact) mass is 379 g/mol. The van der Waals surface area contributed by atoms with Gasteiger partial charge >= 0.3 is 12.2 Å². The van der Waals surface area contributed by atoms with E-state index >= 15 is 0 Å². The predicted octanol–water partition coefficient (Wildman–Crippen LogP) is 4.85. The van der Waals surface area contributed by atoms with E-state index in [4.69, 9.17) is 9.47 Å². The summed E-state index contributed by atoms with van der Waals surface area (Å²) in [6.07, 6.45) is -4.46. The minimum atomic E-state index is -4.46. The molecule has 0 saturated carbocycles. The summed E-state index contributed by atoms with van der Waals surface area (Å²) in [5.74, 6) is 0.963. The van der Waals surface area contributed by atoms with Crippen LogP contribution in [0.5, 0.6) is 11.5 Å². The van der Waals surface area contributed by atoms with Gasteiger partial charge in [0.15, 0.2) is 11.5 Å². The fourth-order valence-corrected chi connectivity index (χ4v) is 2.57. The van der Waals surface area contributed by atoms with Gasteiger partial charge in [0.25, 0.3) is 0 Å². The summed E-state index contributed by atoms with van der Waals surface area (Å²) >= 11 is 0. The molecule has 1 aromatic heterocycles. The van der Waals surface area contributed by atoms with Crippen LogP contribution < -0.4 is 20.1 Å². The number of amides is 2. The van der Waals surface area contributed by atoms with Gasteiger partial charge in [0.2, 0.25) is 0 Å². The Hall–Kier alpha value is -3.36. The second-order valence-electron chi connectivity index (χ2n) is 5.63. The summed E-state index contributed by atoms with van der Waals surface area (Å²) in [4.78, 5) is 14.5. The van der Waals surface area contributed by atoms with Crippen LogP contribution in [-0.4, -0.2) is 25.2 Å². The highest BCUT2D eigenvalue weighted by molar-refractivity contribution is 6.01. The maximum Gasteiger partial charge on any atom is 0.431 e. The Balaban J connectivity index is 1.74. The first-order valence-corrected chi connectivity index (χ1v) is 7.80. The molecule has 0 aliphatic heterocycles. The number of aromatic amines is 1. The van der Waals surface area contributed by atoms with E-state index in [0.29, 0.717) is 33.8 Å². The fraction of sp³-hybridized carbons (Fsp3) is 0.167. The quantitative estimate of drug-likeness (QED) is 0.607. The number of fused-ring (bicyclic) bond motifs is 1. The van der Waals surface area contributed by atoms with Crippen LogP contribution in [0.4, 0.5) is 29.3 Å². The number of urea groups is 1. The molecule has 2 aromatic carbocycles. The van der Waals surface area contributed by atoms with Crippen molar-refractivity contribution >= 4 is 28.3 Å². The van der Waals surface area contributed by atoms with Crippen molar-refractivity contribution < 1.29 is 27.4 Å². The van der Waals surface area contributed by atoms with Gasteiger partial charge in [-0.2, -0.15) is 13.2 Å². The molecule has 0 radical (unpaired) electrons. The smallest absolute Gasteiger partial charge is 0.431 e. The Bertz CT molecular complexity index is 983. The number of methoxy groups -OCH3 is 2. The SMILES string of the molecule is COc1ccc(NC(=O)Nc2ccc3[nH]c(C(F)(F)F)cc3c2)cc1OC. The van der Waals surface area contributed by atoms with E-state index < -0.39 is 17.9 Å². The summed E-state index contributed by atoms with van der Waals surface area (Å²) in [7, 11) is 2.97. The molecule has 0 bridgehead atoms. The maximum absolute atomic E-state index is 12.8. The Morgan fingerprint density at radius 1 is 0.926 bits per heavy atom. The lowest BCUT2D eigenvalue weighted by molar-refractivity contribution is -0.140. The Morgan fingerprint density at radius 3 is 2.19 bits per heavy atom. The van der Waals surface area contributed by atoms with E-state index in [0.717, 1.165) is 6.07 Å². The van der Waals surface area contributed by atoms with Gasteiger partial charge in [-0.1, -0.05) is 0 Å². The van der Waals surface area contributed by atoms with Crippen molar-refractivity contribution in [1.29, 1.82) is 0 Å². The number of carbonyl (C=O) groups is 1. The van der Waals surface area contributed by atoms with Crippen LogP contribution in [0.3, 0.4) is 0 Å². The molecular weight excluding hydrogens is 363 g/mol. The molecule has 0 fully saturated rings. The van der Waals surface area contributed by atoms with Gasteiger partial charge in [0, 0.05) is 28.3 Å². The predicted molar refractivity (Wildman–Crippen MR) is 95.5 cm³/mol. The van der Waals surface area contributed by atoms with Crippen molar-refractivity contribution in [3.8, 4) is 11.5 Å². The second-order valence-corrected chi connectivity index (χ2v) is 5.63. The lowest BCUT2D eigenvalue weighted by atomic mass is 10.2. The van der Waals surface area contributed by atoms with Crippen LogP contribution in [0.1, 0.15) is 5.69 Å². The van der Waals surface area contributed by atoms with Crippen LogP contribution in [0.15, 0.2) is 42.5 Å². The molecule has 0 aliphatic carbocycles. The standard InChI is InChI=1S/C18H16F3N3O3/c1-26-14-6-4-12(9-15(14)27-2)23-17(25)22-11-3-5-13-10(7-11)8-16(24-13)18(19,20)21/h3-9,24H,1-2H3,(H2,22,23,25). The van der Waals surface area contributed by atoms with Crippen LogP contribution in [-0.2, 0) is 6.18 Å². The summed E-state index contributed by atoms with van der Waals surface area (Å²) in [6.45, 7) is 0. The van der Waals surface area contributed by atoms with Crippen molar-refractivity contribution in [3.05, 3.63) is 48.2 Å². The van der Waals surface area contributed by atoms with E-state index in [2.05, 4.69) is 15.6 Å². The normalized spacial score (nSPS) is 11.3. The van der Waals surface area contributed by atoms with Gasteiger partial charge < -0.3 is 25.1 Å². The molecular formula is C18H16F3N3O3. The average Bonchev–Trinajstić information content (AvgIpc) is 3.05. The highest BCUT2D eigenvalue weighted by Gasteiger charge is 2.32. The molecule has 2 amide bonds. The molecule has 3 aromatic rings. The molecule has 1 heterocycles. The zero-order chi connectivity index (χ0) is 19.6. The lowest BCUT2D eigenvalue weighted by Gasteiger charge is -2.11. The van der Waals surface area contributed by atoms with Crippen LogP contribution in [0.2, 0.25) is 0 Å². The van der Waals surface area contributed by atoms with Gasteiger partial charge in [-0.3, -0.25) is 0 Å². The van der Waals surface area contributed by atoms with Gasteiger partial charge in [0.1, 0.15) is 5.69 Å². The first-order chi connectivity index (χ1) is 12.8. The second kappa shape index (κ2) is 7.10. The summed E-state index contributed by atoms with van der Waals surface area (Å²) in [5, 5.41) is 5.54.